The molecule has 0 aliphatic heterocycles. The van der Waals surface area contributed by atoms with Gasteiger partial charge >= 0.3 is 0 Å². The SMILES string of the molecule is CN=C(NCCNc1ncnc2c1cnn2C)NCCc1c[nH]c2cc(F)ccc12. The van der Waals surface area contributed by atoms with E-state index < -0.39 is 0 Å². The highest BCUT2D eigenvalue weighted by molar-refractivity contribution is 5.86. The average molecular weight is 409 g/mol. The maximum Gasteiger partial charge on any atom is 0.191 e. The second kappa shape index (κ2) is 8.76. The van der Waals surface area contributed by atoms with E-state index in [0.717, 1.165) is 45.7 Å². The van der Waals surface area contributed by atoms with Crippen LogP contribution in [0.25, 0.3) is 21.9 Å². The number of benzene rings is 1. The molecule has 4 aromatic rings. The Morgan fingerprint density at radius 2 is 2.03 bits per heavy atom. The van der Waals surface area contributed by atoms with Gasteiger partial charge < -0.3 is 20.9 Å². The number of fused-ring (bicyclic) bond motifs is 2. The number of aromatic amines is 1. The van der Waals surface area contributed by atoms with Gasteiger partial charge in [0, 0.05) is 50.8 Å². The molecule has 0 aliphatic rings. The van der Waals surface area contributed by atoms with Crippen LogP contribution in [0.15, 0.2) is 41.9 Å². The summed E-state index contributed by atoms with van der Waals surface area (Å²) in [6.45, 7) is 2.03. The normalized spacial score (nSPS) is 11.9. The number of aliphatic imine (C=N–C) groups is 1. The van der Waals surface area contributed by atoms with E-state index >= 15 is 0 Å². The highest BCUT2D eigenvalue weighted by Gasteiger charge is 2.08. The number of guanidine groups is 1. The highest BCUT2D eigenvalue weighted by atomic mass is 19.1. The Labute approximate surface area is 172 Å². The lowest BCUT2D eigenvalue weighted by Crippen LogP contribution is -2.40. The number of anilines is 1. The number of nitrogens with zero attached hydrogens (tertiary/aromatic N) is 5. The third-order valence-corrected chi connectivity index (χ3v) is 4.88. The van der Waals surface area contributed by atoms with Crippen molar-refractivity contribution in [3.05, 3.63) is 48.3 Å². The molecule has 0 bridgehead atoms. The standard InChI is InChI=1S/C20H24FN9/c1-22-20(24-6-5-13-10-26-17-9-14(21)3-4-15(13)17)25-8-7-23-18-16-11-29-30(2)19(16)28-12-27-18/h3-4,9-12,26H,5-8H2,1-2H3,(H2,22,24,25)(H,23,27,28). The van der Waals surface area contributed by atoms with Crippen LogP contribution in [0.5, 0.6) is 0 Å². The first kappa shape index (κ1) is 19.6. The molecule has 10 heteroatoms. The lowest BCUT2D eigenvalue weighted by molar-refractivity contribution is 0.629. The van der Waals surface area contributed by atoms with Gasteiger partial charge in [0.1, 0.15) is 18.0 Å². The van der Waals surface area contributed by atoms with Crippen molar-refractivity contribution in [1.82, 2.24) is 35.4 Å². The largest absolute Gasteiger partial charge is 0.368 e. The summed E-state index contributed by atoms with van der Waals surface area (Å²) in [5.41, 5.74) is 2.74. The van der Waals surface area contributed by atoms with Gasteiger partial charge in [-0.3, -0.25) is 9.67 Å². The van der Waals surface area contributed by atoms with Crippen molar-refractivity contribution >= 4 is 33.7 Å². The molecule has 156 valence electrons. The maximum absolute atomic E-state index is 13.3. The summed E-state index contributed by atoms with van der Waals surface area (Å²) < 4.78 is 15.0. The van der Waals surface area contributed by atoms with Crippen molar-refractivity contribution in [2.45, 2.75) is 6.42 Å². The van der Waals surface area contributed by atoms with Gasteiger partial charge in [-0.15, -0.1) is 0 Å². The molecule has 0 unspecified atom stereocenters. The van der Waals surface area contributed by atoms with E-state index in [9.17, 15) is 4.39 Å². The molecule has 3 aromatic heterocycles. The maximum atomic E-state index is 13.3. The highest BCUT2D eigenvalue weighted by Crippen LogP contribution is 2.19. The Hall–Kier alpha value is -3.69. The van der Waals surface area contributed by atoms with Crippen LogP contribution in [-0.2, 0) is 13.5 Å². The molecule has 0 amide bonds. The Kier molecular flexibility index (Phi) is 5.73. The first-order valence-electron chi connectivity index (χ1n) is 9.72. The molecule has 30 heavy (non-hydrogen) atoms. The fraction of sp³-hybridized carbons (Fsp3) is 0.300. The molecule has 0 radical (unpaired) electrons. The zero-order chi connectivity index (χ0) is 20.9. The third-order valence-electron chi connectivity index (χ3n) is 4.88. The summed E-state index contributed by atoms with van der Waals surface area (Å²) in [5.74, 6) is 1.24. The van der Waals surface area contributed by atoms with Crippen LogP contribution in [0.3, 0.4) is 0 Å². The van der Waals surface area contributed by atoms with Gasteiger partial charge in [-0.05, 0) is 30.2 Å². The summed E-state index contributed by atoms with van der Waals surface area (Å²) in [6.07, 6.45) is 6.00. The van der Waals surface area contributed by atoms with Crippen molar-refractivity contribution < 1.29 is 4.39 Å². The smallest absolute Gasteiger partial charge is 0.191 e. The zero-order valence-electron chi connectivity index (χ0n) is 16.9. The third kappa shape index (κ3) is 4.17. The number of aryl methyl sites for hydroxylation is 1. The summed E-state index contributed by atoms with van der Waals surface area (Å²) in [5, 5.41) is 16.0. The Bertz CT molecular complexity index is 1180. The molecule has 9 nitrogen and oxygen atoms in total. The fourth-order valence-electron chi connectivity index (χ4n) is 3.37. The molecule has 0 spiro atoms. The Morgan fingerprint density at radius 1 is 1.17 bits per heavy atom. The lowest BCUT2D eigenvalue weighted by Gasteiger charge is -2.12. The molecule has 0 atom stereocenters. The summed E-state index contributed by atoms with van der Waals surface area (Å²) in [4.78, 5) is 15.9. The van der Waals surface area contributed by atoms with Gasteiger partial charge in [0.15, 0.2) is 11.6 Å². The number of aromatic nitrogens is 5. The molecule has 0 fully saturated rings. The van der Waals surface area contributed by atoms with Gasteiger partial charge in [0.2, 0.25) is 0 Å². The monoisotopic (exact) mass is 409 g/mol. The van der Waals surface area contributed by atoms with Gasteiger partial charge in [-0.2, -0.15) is 5.10 Å². The quantitative estimate of drug-likeness (QED) is 0.211. The van der Waals surface area contributed by atoms with Crippen molar-refractivity contribution in [3.63, 3.8) is 0 Å². The second-order valence-corrected chi connectivity index (χ2v) is 6.83. The minimum absolute atomic E-state index is 0.238. The number of rotatable bonds is 7. The van der Waals surface area contributed by atoms with E-state index in [0.29, 0.717) is 19.6 Å². The van der Waals surface area contributed by atoms with E-state index in [2.05, 4.69) is 41.0 Å². The minimum atomic E-state index is -0.238. The Balaban J connectivity index is 1.24. The van der Waals surface area contributed by atoms with Crippen LogP contribution in [0.1, 0.15) is 5.56 Å². The topological polar surface area (TPSA) is 108 Å². The molecular formula is C20H24FN9. The van der Waals surface area contributed by atoms with Crippen LogP contribution in [-0.4, -0.2) is 57.4 Å². The predicted octanol–water partition coefficient (Wildman–Crippen LogP) is 1.80. The molecule has 3 heterocycles. The molecule has 4 N–H and O–H groups in total. The first-order valence-corrected chi connectivity index (χ1v) is 9.72. The van der Waals surface area contributed by atoms with Gasteiger partial charge in [0.25, 0.3) is 0 Å². The summed E-state index contributed by atoms with van der Waals surface area (Å²) >= 11 is 0. The summed E-state index contributed by atoms with van der Waals surface area (Å²) in [6, 6.07) is 4.80. The van der Waals surface area contributed by atoms with Crippen LogP contribution in [0.4, 0.5) is 10.2 Å². The molecular weight excluding hydrogens is 385 g/mol. The van der Waals surface area contributed by atoms with Gasteiger partial charge in [-0.25, -0.2) is 14.4 Å². The number of H-pyrrole nitrogens is 1. The molecule has 0 aliphatic carbocycles. The summed E-state index contributed by atoms with van der Waals surface area (Å²) in [7, 11) is 3.59. The van der Waals surface area contributed by atoms with Crippen LogP contribution < -0.4 is 16.0 Å². The number of halogens is 1. The second-order valence-electron chi connectivity index (χ2n) is 6.83. The fourth-order valence-corrected chi connectivity index (χ4v) is 3.37. The van der Waals surface area contributed by atoms with Crippen LogP contribution >= 0.6 is 0 Å². The zero-order valence-corrected chi connectivity index (χ0v) is 16.9. The van der Waals surface area contributed by atoms with Gasteiger partial charge in [-0.1, -0.05) is 0 Å². The number of hydrogen-bond acceptors (Lipinski definition) is 5. The van der Waals surface area contributed by atoms with Crippen molar-refractivity contribution in [1.29, 1.82) is 0 Å². The molecule has 0 saturated heterocycles. The number of nitrogens with one attached hydrogen (secondary N) is 4. The van der Waals surface area contributed by atoms with E-state index in [-0.39, 0.29) is 5.82 Å². The minimum Gasteiger partial charge on any atom is -0.368 e. The molecule has 4 rings (SSSR count). The number of hydrogen-bond donors (Lipinski definition) is 4. The van der Waals surface area contributed by atoms with Crippen molar-refractivity contribution in [2.75, 3.05) is 32.0 Å². The van der Waals surface area contributed by atoms with Gasteiger partial charge in [0.05, 0.1) is 11.6 Å². The van der Waals surface area contributed by atoms with E-state index in [1.54, 1.807) is 17.9 Å². The van der Waals surface area contributed by atoms with E-state index in [1.807, 2.05) is 19.3 Å². The Morgan fingerprint density at radius 3 is 2.90 bits per heavy atom. The van der Waals surface area contributed by atoms with Crippen LogP contribution in [0, 0.1) is 5.82 Å². The predicted molar refractivity (Wildman–Crippen MR) is 116 cm³/mol. The van der Waals surface area contributed by atoms with E-state index in [4.69, 9.17) is 0 Å². The van der Waals surface area contributed by atoms with E-state index in [1.165, 1.54) is 18.5 Å². The van der Waals surface area contributed by atoms with Crippen molar-refractivity contribution in [3.8, 4) is 0 Å². The average Bonchev–Trinajstić information content (AvgIpc) is 3.33. The van der Waals surface area contributed by atoms with Crippen LogP contribution in [0.2, 0.25) is 0 Å². The lowest BCUT2D eigenvalue weighted by atomic mass is 10.1. The first-order chi connectivity index (χ1) is 14.7. The van der Waals surface area contributed by atoms with Crippen molar-refractivity contribution in [2.24, 2.45) is 12.0 Å². The molecule has 0 saturated carbocycles. The molecule has 1 aromatic carbocycles.